The number of carbonyl (C=O) groups is 2. The summed E-state index contributed by atoms with van der Waals surface area (Å²) < 4.78 is 7.38. The van der Waals surface area contributed by atoms with E-state index in [2.05, 4.69) is 23.8 Å². The summed E-state index contributed by atoms with van der Waals surface area (Å²) in [5.41, 5.74) is 4.98. The van der Waals surface area contributed by atoms with Crippen LogP contribution in [0, 0.1) is 5.92 Å². The van der Waals surface area contributed by atoms with Crippen LogP contribution in [0.25, 0.3) is 11.2 Å². The number of imidazole rings is 1. The van der Waals surface area contributed by atoms with Gasteiger partial charge < -0.3 is 30.4 Å². The van der Waals surface area contributed by atoms with Crippen LogP contribution >= 0.6 is 0 Å². The number of anilines is 1. The van der Waals surface area contributed by atoms with Crippen molar-refractivity contribution in [2.45, 2.75) is 207 Å². The number of hydrogen-bond donors (Lipinski definition) is 3. The number of aliphatic hydroxyl groups excluding tert-OH is 2. The second kappa shape index (κ2) is 29.3. The molecule has 0 aromatic carbocycles. The van der Waals surface area contributed by atoms with Crippen molar-refractivity contribution >= 4 is 29.1 Å². The van der Waals surface area contributed by atoms with E-state index in [1.165, 1.54) is 83.4 Å². The largest absolute Gasteiger partial charge is 0.391 e. The zero-order valence-corrected chi connectivity index (χ0v) is 33.8. The Kier molecular flexibility index (Phi) is 25.6. The van der Waals surface area contributed by atoms with Gasteiger partial charge in [-0.15, -0.1) is 4.73 Å². The van der Waals surface area contributed by atoms with Gasteiger partial charge in [0.1, 0.15) is 6.33 Å². The quantitative estimate of drug-likeness (QED) is 0.0464. The SMILES string of the molecule is CCCCCCCCCCCCCCCC(=O)On1cnc2c1c(=O)nc(N)n2OC(=O)CCCCCCCC(CCCCCCC)C(O)OCC(C)O. The lowest BCUT2D eigenvalue weighted by Gasteiger charge is -2.24. The minimum absolute atomic E-state index is 0.0323. The fraction of sp³-hybridized carbons (Fsp3) is 0.829. The fourth-order valence-corrected chi connectivity index (χ4v) is 6.74. The summed E-state index contributed by atoms with van der Waals surface area (Å²) in [5, 5.41) is 20.1. The van der Waals surface area contributed by atoms with Crippen molar-refractivity contribution in [1.82, 2.24) is 19.4 Å². The molecule has 0 saturated carbocycles. The van der Waals surface area contributed by atoms with Crippen molar-refractivity contribution in [3.8, 4) is 0 Å². The van der Waals surface area contributed by atoms with Crippen LogP contribution in [0.1, 0.15) is 194 Å². The van der Waals surface area contributed by atoms with E-state index in [9.17, 15) is 24.6 Å². The molecule has 2 heterocycles. The van der Waals surface area contributed by atoms with Crippen LogP contribution in [-0.2, 0) is 14.3 Å². The van der Waals surface area contributed by atoms with Gasteiger partial charge in [-0.25, -0.2) is 14.6 Å². The Hall–Kier alpha value is -3.03. The molecule has 2 rings (SSSR count). The molecule has 0 aliphatic rings. The van der Waals surface area contributed by atoms with E-state index < -0.39 is 29.9 Å². The summed E-state index contributed by atoms with van der Waals surface area (Å²) in [6.07, 6.45) is 27.5. The molecule has 0 amide bonds. The Morgan fingerprint density at radius 2 is 1.15 bits per heavy atom. The lowest BCUT2D eigenvalue weighted by Crippen LogP contribution is -2.28. The average molecular weight is 764 g/mol. The van der Waals surface area contributed by atoms with Gasteiger partial charge in [0, 0.05) is 18.8 Å². The smallest absolute Gasteiger partial charge is 0.333 e. The lowest BCUT2D eigenvalue weighted by molar-refractivity contribution is -0.152. The van der Waals surface area contributed by atoms with Gasteiger partial charge in [-0.1, -0.05) is 149 Å². The summed E-state index contributed by atoms with van der Waals surface area (Å²) in [5.74, 6) is -1.34. The maximum atomic E-state index is 12.7. The molecular weight excluding hydrogens is 690 g/mol. The number of unbranched alkanes of at least 4 members (excludes halogenated alkanes) is 20. The first-order valence-corrected chi connectivity index (χ1v) is 21.3. The molecule has 0 aliphatic carbocycles. The van der Waals surface area contributed by atoms with E-state index in [1.54, 1.807) is 6.92 Å². The summed E-state index contributed by atoms with van der Waals surface area (Å²) in [6.45, 7) is 6.19. The van der Waals surface area contributed by atoms with Crippen LogP contribution in [0.15, 0.2) is 11.1 Å². The first-order valence-electron chi connectivity index (χ1n) is 21.3. The molecule has 54 heavy (non-hydrogen) atoms. The average Bonchev–Trinajstić information content (AvgIpc) is 3.56. The van der Waals surface area contributed by atoms with E-state index in [-0.39, 0.29) is 42.5 Å². The highest BCUT2D eigenvalue weighted by molar-refractivity contribution is 5.76. The molecule has 13 nitrogen and oxygen atoms in total. The van der Waals surface area contributed by atoms with E-state index >= 15 is 0 Å². The molecule has 0 aliphatic heterocycles. The number of hydrogen-bond acceptors (Lipinski definition) is 11. The first kappa shape index (κ1) is 47.1. The standard InChI is InChI=1S/C41H73N5O8/c1-4-6-8-10-11-12-13-14-15-16-17-21-25-29-35(48)53-45-32-43-38-37(45)39(50)44-41(42)46(38)54-36(49)30-26-22-18-20-24-28-34(27-23-19-9-7-5-2)40(51)52-31-33(3)47/h32-34,40,47,51H,4-31H2,1-3H3,(H2,42,44,50). The first-order chi connectivity index (χ1) is 26.2. The van der Waals surface area contributed by atoms with Crippen molar-refractivity contribution in [1.29, 1.82) is 0 Å². The van der Waals surface area contributed by atoms with Gasteiger partial charge in [-0.05, 0) is 32.6 Å². The number of carbonyl (C=O) groups excluding carboxylic acids is 2. The van der Waals surface area contributed by atoms with Crippen LogP contribution in [-0.4, -0.2) is 60.6 Å². The summed E-state index contributed by atoms with van der Waals surface area (Å²) in [6, 6.07) is 0. The predicted octanol–water partition coefficient (Wildman–Crippen LogP) is 7.99. The molecule has 310 valence electrons. The highest BCUT2D eigenvalue weighted by Crippen LogP contribution is 2.23. The van der Waals surface area contributed by atoms with Gasteiger partial charge in [0.05, 0.1) is 12.7 Å². The number of rotatable bonds is 34. The molecule has 0 bridgehead atoms. The van der Waals surface area contributed by atoms with Crippen LogP contribution in [0.2, 0.25) is 0 Å². The monoisotopic (exact) mass is 764 g/mol. The Morgan fingerprint density at radius 3 is 1.63 bits per heavy atom. The molecule has 0 fully saturated rings. The Labute approximate surface area is 323 Å². The van der Waals surface area contributed by atoms with Crippen LogP contribution < -0.4 is 21.0 Å². The van der Waals surface area contributed by atoms with Gasteiger partial charge in [-0.2, -0.15) is 9.71 Å². The van der Waals surface area contributed by atoms with E-state index in [1.807, 2.05) is 0 Å². The number of nitrogens with two attached hydrogens (primary N) is 1. The van der Waals surface area contributed by atoms with Gasteiger partial charge in [0.15, 0.2) is 11.8 Å². The lowest BCUT2D eigenvalue weighted by atomic mass is 9.93. The molecule has 2 aromatic rings. The predicted molar refractivity (Wildman–Crippen MR) is 213 cm³/mol. The van der Waals surface area contributed by atoms with Gasteiger partial charge in [0.25, 0.3) is 0 Å². The number of nitrogen functional groups attached to an aromatic ring is 1. The molecule has 3 atom stereocenters. The van der Waals surface area contributed by atoms with E-state index in [0.717, 1.165) is 80.1 Å². The van der Waals surface area contributed by atoms with Crippen molar-refractivity contribution in [3.05, 3.63) is 16.7 Å². The second-order valence-corrected chi connectivity index (χ2v) is 15.1. The van der Waals surface area contributed by atoms with Gasteiger partial charge in [-0.3, -0.25) is 4.79 Å². The molecule has 0 spiro atoms. The highest BCUT2D eigenvalue weighted by Gasteiger charge is 2.21. The molecule has 4 N–H and O–H groups in total. The summed E-state index contributed by atoms with van der Waals surface area (Å²) >= 11 is 0. The van der Waals surface area contributed by atoms with Crippen molar-refractivity contribution in [2.75, 3.05) is 12.3 Å². The maximum Gasteiger partial charge on any atom is 0.333 e. The number of aromatic nitrogens is 4. The normalized spacial score (nSPS) is 13.3. The third-order valence-electron chi connectivity index (χ3n) is 9.96. The second-order valence-electron chi connectivity index (χ2n) is 15.1. The minimum atomic E-state index is -0.880. The van der Waals surface area contributed by atoms with Crippen molar-refractivity contribution in [3.63, 3.8) is 0 Å². The molecule has 0 saturated heterocycles. The molecule has 0 radical (unpaired) electrons. The molecule has 2 aromatic heterocycles. The minimum Gasteiger partial charge on any atom is -0.391 e. The van der Waals surface area contributed by atoms with Crippen molar-refractivity contribution in [2.24, 2.45) is 5.92 Å². The Morgan fingerprint density at radius 1 is 0.704 bits per heavy atom. The zero-order chi connectivity index (χ0) is 39.4. The highest BCUT2D eigenvalue weighted by atomic mass is 16.7. The molecular formula is C41H73N5O8. The molecule has 13 heteroatoms. The zero-order valence-electron chi connectivity index (χ0n) is 33.8. The van der Waals surface area contributed by atoms with E-state index in [4.69, 9.17) is 20.1 Å². The van der Waals surface area contributed by atoms with Crippen molar-refractivity contribution < 1.29 is 34.2 Å². The summed E-state index contributed by atoms with van der Waals surface area (Å²) in [7, 11) is 0. The maximum absolute atomic E-state index is 12.7. The number of ether oxygens (including phenoxy) is 1. The van der Waals surface area contributed by atoms with Gasteiger partial charge in [0.2, 0.25) is 11.6 Å². The van der Waals surface area contributed by atoms with Crippen LogP contribution in [0.3, 0.4) is 0 Å². The third kappa shape index (κ3) is 20.0. The van der Waals surface area contributed by atoms with Gasteiger partial charge >= 0.3 is 17.5 Å². The Balaban J connectivity index is 1.71. The third-order valence-corrected chi connectivity index (χ3v) is 9.96. The summed E-state index contributed by atoms with van der Waals surface area (Å²) in [4.78, 5) is 56.7. The van der Waals surface area contributed by atoms with Crippen LogP contribution in [0.4, 0.5) is 5.95 Å². The topological polar surface area (TPSA) is 181 Å². The number of nitrogens with zero attached hydrogens (tertiary/aromatic N) is 4. The number of aliphatic hydroxyl groups is 2. The van der Waals surface area contributed by atoms with E-state index in [0.29, 0.717) is 12.8 Å². The molecule has 3 unspecified atom stereocenters. The number of fused-ring (bicyclic) bond motifs is 1. The van der Waals surface area contributed by atoms with Crippen LogP contribution in [0.5, 0.6) is 0 Å². The fourth-order valence-electron chi connectivity index (χ4n) is 6.74. The Bertz CT molecular complexity index is 1350.